The molecule has 1 aliphatic carbocycles. The van der Waals surface area contributed by atoms with Crippen molar-refractivity contribution in [2.45, 2.75) is 38.4 Å². The van der Waals surface area contributed by atoms with Crippen molar-refractivity contribution in [2.24, 2.45) is 0 Å². The van der Waals surface area contributed by atoms with Crippen LogP contribution in [0.5, 0.6) is 0 Å². The van der Waals surface area contributed by atoms with Crippen molar-refractivity contribution >= 4 is 16.6 Å². The summed E-state index contributed by atoms with van der Waals surface area (Å²) in [5, 5.41) is 0. The maximum Gasteiger partial charge on any atom is 0.182 e. The summed E-state index contributed by atoms with van der Waals surface area (Å²) in [6.45, 7) is 6.12. The standard InChI is InChI=1S/C16H18O2S/c1-10-5-4-6-13-14(10)8-16(15(13)17)7-11(2)12(3)9-19(16)18/h4-6H,7-9H2,1-3H3/t16-,19?/m0/s1. The third-order valence-electron chi connectivity index (χ3n) is 4.59. The molecule has 0 saturated heterocycles. The van der Waals surface area contributed by atoms with Gasteiger partial charge in [0.15, 0.2) is 5.78 Å². The number of Topliss-reactive ketones (excluding diaryl/α,β-unsaturated/α-hetero) is 1. The normalized spacial score (nSPS) is 30.1. The van der Waals surface area contributed by atoms with Crippen molar-refractivity contribution in [3.63, 3.8) is 0 Å². The number of aryl methyl sites for hydroxylation is 1. The lowest BCUT2D eigenvalue weighted by molar-refractivity contribution is 0.0954. The van der Waals surface area contributed by atoms with Crippen LogP contribution in [0.3, 0.4) is 0 Å². The van der Waals surface area contributed by atoms with E-state index in [1.54, 1.807) is 0 Å². The number of carbonyl (C=O) groups is 1. The lowest BCUT2D eigenvalue weighted by Gasteiger charge is -2.32. The van der Waals surface area contributed by atoms with Gasteiger partial charge in [0.05, 0.1) is 0 Å². The van der Waals surface area contributed by atoms with Crippen LogP contribution >= 0.6 is 0 Å². The Morgan fingerprint density at radius 3 is 2.53 bits per heavy atom. The molecule has 2 aliphatic rings. The van der Waals surface area contributed by atoms with Crippen LogP contribution in [-0.2, 0) is 17.2 Å². The molecule has 1 aromatic carbocycles. The van der Waals surface area contributed by atoms with Crippen LogP contribution in [0.15, 0.2) is 29.3 Å². The van der Waals surface area contributed by atoms with Gasteiger partial charge in [-0.05, 0) is 44.7 Å². The summed E-state index contributed by atoms with van der Waals surface area (Å²) >= 11 is 0. The van der Waals surface area contributed by atoms with Crippen molar-refractivity contribution in [3.8, 4) is 0 Å². The van der Waals surface area contributed by atoms with Gasteiger partial charge in [0, 0.05) is 22.1 Å². The number of ketones is 1. The van der Waals surface area contributed by atoms with Crippen LogP contribution in [0, 0.1) is 6.92 Å². The van der Waals surface area contributed by atoms with Gasteiger partial charge >= 0.3 is 0 Å². The molecule has 1 aliphatic heterocycles. The molecule has 0 saturated carbocycles. The fourth-order valence-electron chi connectivity index (χ4n) is 3.21. The smallest absolute Gasteiger partial charge is 0.182 e. The Kier molecular flexibility index (Phi) is 2.79. The molecule has 100 valence electrons. The summed E-state index contributed by atoms with van der Waals surface area (Å²) in [7, 11) is -1.10. The van der Waals surface area contributed by atoms with Gasteiger partial charge in [0.25, 0.3) is 0 Å². The van der Waals surface area contributed by atoms with E-state index in [1.165, 1.54) is 11.1 Å². The molecule has 1 unspecified atom stereocenters. The molecule has 0 N–H and O–H groups in total. The largest absolute Gasteiger partial charge is 0.292 e. The quantitative estimate of drug-likeness (QED) is 0.682. The van der Waals surface area contributed by atoms with Gasteiger partial charge in [-0.3, -0.25) is 9.00 Å². The third-order valence-corrected chi connectivity index (χ3v) is 6.63. The van der Waals surface area contributed by atoms with Crippen molar-refractivity contribution in [1.29, 1.82) is 0 Å². The van der Waals surface area contributed by atoms with E-state index < -0.39 is 15.5 Å². The first kappa shape index (κ1) is 12.8. The molecule has 1 heterocycles. The SMILES string of the molecule is CC1=C(C)C[C@@]2(Cc3c(C)cccc3C2=O)S(=O)C1. The third kappa shape index (κ3) is 1.68. The summed E-state index contributed by atoms with van der Waals surface area (Å²) in [6.07, 6.45) is 1.30. The Bertz CT molecular complexity index is 642. The zero-order chi connectivity index (χ0) is 13.8. The summed E-state index contributed by atoms with van der Waals surface area (Å²) in [5.74, 6) is 0.640. The maximum atomic E-state index is 12.8. The summed E-state index contributed by atoms with van der Waals surface area (Å²) < 4.78 is 11.9. The van der Waals surface area contributed by atoms with Crippen LogP contribution in [0.1, 0.15) is 41.8 Å². The average molecular weight is 274 g/mol. The molecular weight excluding hydrogens is 256 g/mol. The molecule has 2 atom stereocenters. The summed E-state index contributed by atoms with van der Waals surface area (Å²) in [6, 6.07) is 5.84. The fraction of sp³-hybridized carbons (Fsp3) is 0.438. The lowest BCUT2D eigenvalue weighted by Crippen LogP contribution is -2.45. The average Bonchev–Trinajstić information content (AvgIpc) is 2.64. The van der Waals surface area contributed by atoms with Gasteiger partial charge in [-0.25, -0.2) is 0 Å². The highest BCUT2D eigenvalue weighted by atomic mass is 32.2. The number of allylic oxidation sites excluding steroid dienone is 1. The number of benzene rings is 1. The van der Waals surface area contributed by atoms with Crippen LogP contribution in [0.2, 0.25) is 0 Å². The molecule has 0 amide bonds. The summed E-state index contributed by atoms with van der Waals surface area (Å²) in [5.41, 5.74) is 5.46. The van der Waals surface area contributed by atoms with Gasteiger partial charge in [-0.15, -0.1) is 0 Å². The van der Waals surface area contributed by atoms with E-state index in [1.807, 2.05) is 32.0 Å². The minimum absolute atomic E-state index is 0.0939. The van der Waals surface area contributed by atoms with Crippen LogP contribution < -0.4 is 0 Å². The van der Waals surface area contributed by atoms with Crippen molar-refractivity contribution < 1.29 is 9.00 Å². The van der Waals surface area contributed by atoms with Crippen LogP contribution in [0.25, 0.3) is 0 Å². The first-order valence-corrected chi connectivity index (χ1v) is 7.94. The van der Waals surface area contributed by atoms with E-state index in [9.17, 15) is 9.00 Å². The van der Waals surface area contributed by atoms with E-state index in [2.05, 4.69) is 6.92 Å². The Balaban J connectivity index is 2.13. The predicted molar refractivity (Wildman–Crippen MR) is 77.9 cm³/mol. The number of hydrogen-bond donors (Lipinski definition) is 0. The van der Waals surface area contributed by atoms with E-state index in [0.717, 1.165) is 16.7 Å². The van der Waals surface area contributed by atoms with Gasteiger partial charge in [0.1, 0.15) is 4.75 Å². The minimum Gasteiger partial charge on any atom is -0.292 e. The molecule has 0 radical (unpaired) electrons. The molecule has 3 heteroatoms. The predicted octanol–water partition coefficient (Wildman–Crippen LogP) is 2.96. The second-order valence-corrected chi connectivity index (χ2v) is 7.59. The first-order chi connectivity index (χ1) is 8.95. The Morgan fingerprint density at radius 1 is 1.11 bits per heavy atom. The highest BCUT2D eigenvalue weighted by Gasteiger charge is 2.52. The lowest BCUT2D eigenvalue weighted by atomic mass is 9.92. The molecule has 1 spiro atoms. The van der Waals surface area contributed by atoms with Crippen LogP contribution in [0.4, 0.5) is 0 Å². The monoisotopic (exact) mass is 274 g/mol. The fourth-order valence-corrected chi connectivity index (χ4v) is 5.12. The molecule has 2 nitrogen and oxygen atoms in total. The zero-order valence-electron chi connectivity index (χ0n) is 11.6. The van der Waals surface area contributed by atoms with Crippen molar-refractivity contribution in [3.05, 3.63) is 46.0 Å². The van der Waals surface area contributed by atoms with Gasteiger partial charge < -0.3 is 0 Å². The van der Waals surface area contributed by atoms with Gasteiger partial charge in [-0.1, -0.05) is 29.3 Å². The second-order valence-electron chi connectivity index (χ2n) is 5.83. The van der Waals surface area contributed by atoms with Crippen molar-refractivity contribution in [1.82, 2.24) is 0 Å². The molecule has 1 aromatic rings. The van der Waals surface area contributed by atoms with E-state index in [-0.39, 0.29) is 5.78 Å². The molecule has 3 rings (SSSR count). The van der Waals surface area contributed by atoms with Crippen LogP contribution in [-0.4, -0.2) is 20.5 Å². The maximum absolute atomic E-state index is 12.8. The Morgan fingerprint density at radius 2 is 1.84 bits per heavy atom. The molecular formula is C16H18O2S. The van der Waals surface area contributed by atoms with E-state index in [4.69, 9.17) is 0 Å². The van der Waals surface area contributed by atoms with E-state index >= 15 is 0 Å². The molecule has 19 heavy (non-hydrogen) atoms. The highest BCUT2D eigenvalue weighted by molar-refractivity contribution is 7.87. The number of rotatable bonds is 0. The first-order valence-electron chi connectivity index (χ1n) is 6.63. The highest BCUT2D eigenvalue weighted by Crippen LogP contribution is 2.43. The minimum atomic E-state index is -1.10. The number of carbonyl (C=O) groups excluding carboxylic acids is 1. The van der Waals surface area contributed by atoms with Gasteiger partial charge in [0.2, 0.25) is 0 Å². The Hall–Kier alpha value is -1.22. The molecule has 0 aromatic heterocycles. The second kappa shape index (κ2) is 4.14. The van der Waals surface area contributed by atoms with Gasteiger partial charge in [-0.2, -0.15) is 0 Å². The summed E-state index contributed by atoms with van der Waals surface area (Å²) in [4.78, 5) is 12.8. The zero-order valence-corrected chi connectivity index (χ0v) is 12.4. The Labute approximate surface area is 116 Å². The molecule has 0 bridgehead atoms. The molecule has 0 fully saturated rings. The number of hydrogen-bond acceptors (Lipinski definition) is 2. The van der Waals surface area contributed by atoms with Crippen molar-refractivity contribution in [2.75, 3.05) is 5.75 Å². The topological polar surface area (TPSA) is 34.1 Å². The number of fused-ring (bicyclic) bond motifs is 1. The van der Waals surface area contributed by atoms with E-state index in [0.29, 0.717) is 18.6 Å².